The van der Waals surface area contributed by atoms with Crippen molar-refractivity contribution in [1.82, 2.24) is 30.5 Å². The molecule has 0 aliphatic rings. The van der Waals surface area contributed by atoms with Crippen LogP contribution < -0.4 is 5.32 Å². The van der Waals surface area contributed by atoms with Crippen molar-refractivity contribution in [3.63, 3.8) is 0 Å². The lowest BCUT2D eigenvalue weighted by Crippen LogP contribution is -2.25. The van der Waals surface area contributed by atoms with Crippen LogP contribution in [0.2, 0.25) is 0 Å². The molecule has 102 valence electrons. The molecule has 7 nitrogen and oxygen atoms in total. The molecule has 2 aromatic rings. The molecular formula is C10H14N6OS2. The van der Waals surface area contributed by atoms with E-state index in [9.17, 15) is 4.79 Å². The van der Waals surface area contributed by atoms with Crippen LogP contribution in [-0.4, -0.2) is 43.4 Å². The molecule has 1 amide bonds. The van der Waals surface area contributed by atoms with Crippen molar-refractivity contribution in [3.05, 3.63) is 15.6 Å². The second kappa shape index (κ2) is 6.11. The van der Waals surface area contributed by atoms with E-state index in [1.807, 2.05) is 13.8 Å². The number of nitrogens with one attached hydrogen (secondary N) is 1. The SMILES string of the molecule is Cc1nc(C)c(C(=O)NCCSc2nnnn2C)s1. The molecule has 2 heterocycles. The zero-order valence-corrected chi connectivity index (χ0v) is 12.5. The molecule has 2 aromatic heterocycles. The normalized spacial score (nSPS) is 10.7. The Morgan fingerprint density at radius 3 is 2.84 bits per heavy atom. The number of carbonyl (C=O) groups is 1. The van der Waals surface area contributed by atoms with Gasteiger partial charge in [0, 0.05) is 19.3 Å². The number of aromatic nitrogens is 5. The molecule has 0 spiro atoms. The van der Waals surface area contributed by atoms with Crippen LogP contribution in [-0.2, 0) is 7.05 Å². The minimum atomic E-state index is -0.0696. The van der Waals surface area contributed by atoms with E-state index in [2.05, 4.69) is 25.8 Å². The lowest BCUT2D eigenvalue weighted by Gasteiger charge is -2.03. The van der Waals surface area contributed by atoms with Gasteiger partial charge in [-0.2, -0.15) is 0 Å². The lowest BCUT2D eigenvalue weighted by atomic mass is 10.4. The fourth-order valence-corrected chi connectivity index (χ4v) is 3.01. The van der Waals surface area contributed by atoms with E-state index in [-0.39, 0.29) is 5.91 Å². The quantitative estimate of drug-likeness (QED) is 0.649. The topological polar surface area (TPSA) is 85.6 Å². The molecule has 2 rings (SSSR count). The van der Waals surface area contributed by atoms with Gasteiger partial charge in [-0.15, -0.1) is 16.4 Å². The number of rotatable bonds is 5. The van der Waals surface area contributed by atoms with Gasteiger partial charge in [0.05, 0.1) is 10.7 Å². The van der Waals surface area contributed by atoms with Crippen LogP contribution in [0.15, 0.2) is 5.16 Å². The molecule has 0 saturated heterocycles. The summed E-state index contributed by atoms with van der Waals surface area (Å²) in [5.41, 5.74) is 0.783. The average Bonchev–Trinajstić information content (AvgIpc) is 2.91. The molecule has 0 aliphatic carbocycles. The summed E-state index contributed by atoms with van der Waals surface area (Å²) < 4.78 is 1.60. The van der Waals surface area contributed by atoms with Crippen LogP contribution in [0.25, 0.3) is 0 Å². The maximum Gasteiger partial charge on any atom is 0.263 e. The minimum Gasteiger partial charge on any atom is -0.350 e. The number of tetrazole rings is 1. The largest absolute Gasteiger partial charge is 0.350 e. The van der Waals surface area contributed by atoms with Crippen LogP contribution in [0.5, 0.6) is 0 Å². The summed E-state index contributed by atoms with van der Waals surface area (Å²) in [4.78, 5) is 16.8. The van der Waals surface area contributed by atoms with E-state index in [0.29, 0.717) is 11.4 Å². The highest BCUT2D eigenvalue weighted by atomic mass is 32.2. The van der Waals surface area contributed by atoms with Gasteiger partial charge < -0.3 is 5.32 Å². The van der Waals surface area contributed by atoms with E-state index < -0.39 is 0 Å². The molecule has 0 atom stereocenters. The highest BCUT2D eigenvalue weighted by Gasteiger charge is 2.13. The summed E-state index contributed by atoms with van der Waals surface area (Å²) in [5, 5.41) is 15.6. The van der Waals surface area contributed by atoms with Crippen molar-refractivity contribution in [3.8, 4) is 0 Å². The number of nitrogens with zero attached hydrogens (tertiary/aromatic N) is 5. The Kier molecular flexibility index (Phi) is 4.48. The third-order valence-electron chi connectivity index (χ3n) is 2.31. The first-order valence-corrected chi connectivity index (χ1v) is 7.45. The van der Waals surface area contributed by atoms with Crippen LogP contribution in [0.4, 0.5) is 0 Å². The Morgan fingerprint density at radius 1 is 1.47 bits per heavy atom. The monoisotopic (exact) mass is 298 g/mol. The second-order valence-electron chi connectivity index (χ2n) is 3.84. The average molecular weight is 298 g/mol. The van der Waals surface area contributed by atoms with Gasteiger partial charge in [0.25, 0.3) is 5.91 Å². The molecule has 0 unspecified atom stereocenters. The van der Waals surface area contributed by atoms with Gasteiger partial charge >= 0.3 is 0 Å². The lowest BCUT2D eigenvalue weighted by molar-refractivity contribution is 0.0959. The number of hydrogen-bond donors (Lipinski definition) is 1. The zero-order valence-electron chi connectivity index (χ0n) is 10.9. The number of amides is 1. The fraction of sp³-hybridized carbons (Fsp3) is 0.500. The maximum absolute atomic E-state index is 11.9. The van der Waals surface area contributed by atoms with Crippen molar-refractivity contribution in [2.75, 3.05) is 12.3 Å². The Balaban J connectivity index is 1.78. The number of carbonyl (C=O) groups excluding carboxylic acids is 1. The fourth-order valence-electron chi connectivity index (χ4n) is 1.47. The molecule has 0 aliphatic heterocycles. The van der Waals surface area contributed by atoms with E-state index in [1.54, 1.807) is 11.7 Å². The third-order valence-corrected chi connectivity index (χ3v) is 4.39. The standard InChI is InChI=1S/C10H14N6OS2/c1-6-8(19-7(2)12-6)9(17)11-4-5-18-10-13-14-15-16(10)3/h4-5H2,1-3H3,(H,11,17). The summed E-state index contributed by atoms with van der Waals surface area (Å²) in [7, 11) is 1.78. The summed E-state index contributed by atoms with van der Waals surface area (Å²) in [6.45, 7) is 4.30. The molecule has 0 saturated carbocycles. The van der Waals surface area contributed by atoms with Gasteiger partial charge in [0.1, 0.15) is 4.88 Å². The van der Waals surface area contributed by atoms with Crippen LogP contribution in [0.3, 0.4) is 0 Å². The first kappa shape index (κ1) is 13.9. The van der Waals surface area contributed by atoms with E-state index >= 15 is 0 Å². The predicted molar refractivity (Wildman–Crippen MR) is 73.4 cm³/mol. The highest BCUT2D eigenvalue weighted by molar-refractivity contribution is 7.99. The predicted octanol–water partition coefficient (Wildman–Crippen LogP) is 0.806. The van der Waals surface area contributed by atoms with Crippen LogP contribution in [0, 0.1) is 13.8 Å². The first-order chi connectivity index (χ1) is 9.08. The number of thioether (sulfide) groups is 1. The van der Waals surface area contributed by atoms with Gasteiger partial charge in [-0.05, 0) is 24.3 Å². The van der Waals surface area contributed by atoms with Crippen LogP contribution >= 0.6 is 23.1 Å². The molecule has 19 heavy (non-hydrogen) atoms. The van der Waals surface area contributed by atoms with Gasteiger partial charge in [0.2, 0.25) is 5.16 Å². The smallest absolute Gasteiger partial charge is 0.263 e. The summed E-state index contributed by atoms with van der Waals surface area (Å²) in [6, 6.07) is 0. The molecule has 9 heteroatoms. The Bertz CT molecular complexity index is 578. The molecule has 0 radical (unpaired) electrons. The molecule has 0 aromatic carbocycles. The maximum atomic E-state index is 11.9. The van der Waals surface area contributed by atoms with Crippen molar-refractivity contribution >= 4 is 29.0 Å². The molecule has 0 bridgehead atoms. The zero-order chi connectivity index (χ0) is 13.8. The molecule has 1 N–H and O–H groups in total. The van der Waals surface area contributed by atoms with Crippen molar-refractivity contribution < 1.29 is 4.79 Å². The summed E-state index contributed by atoms with van der Waals surface area (Å²) in [5.74, 6) is 0.649. The number of hydrogen-bond acceptors (Lipinski definition) is 7. The van der Waals surface area contributed by atoms with Gasteiger partial charge in [0.15, 0.2) is 0 Å². The van der Waals surface area contributed by atoms with Crippen molar-refractivity contribution in [1.29, 1.82) is 0 Å². The van der Waals surface area contributed by atoms with E-state index in [4.69, 9.17) is 0 Å². The summed E-state index contributed by atoms with van der Waals surface area (Å²) >= 11 is 2.91. The van der Waals surface area contributed by atoms with Gasteiger partial charge in [-0.3, -0.25) is 4.79 Å². The van der Waals surface area contributed by atoms with Crippen molar-refractivity contribution in [2.45, 2.75) is 19.0 Å². The highest BCUT2D eigenvalue weighted by Crippen LogP contribution is 2.17. The van der Waals surface area contributed by atoms with Gasteiger partial charge in [-0.1, -0.05) is 11.8 Å². The Labute approximate surface area is 118 Å². The number of aryl methyl sites for hydroxylation is 3. The van der Waals surface area contributed by atoms with E-state index in [1.165, 1.54) is 23.1 Å². The molecule has 0 fully saturated rings. The van der Waals surface area contributed by atoms with Crippen LogP contribution in [0.1, 0.15) is 20.4 Å². The third kappa shape index (κ3) is 3.51. The second-order valence-corrected chi connectivity index (χ2v) is 6.10. The summed E-state index contributed by atoms with van der Waals surface area (Å²) in [6.07, 6.45) is 0. The first-order valence-electron chi connectivity index (χ1n) is 5.65. The van der Waals surface area contributed by atoms with Gasteiger partial charge in [-0.25, -0.2) is 9.67 Å². The molecular weight excluding hydrogens is 284 g/mol. The Hall–Kier alpha value is -1.48. The Morgan fingerprint density at radius 2 is 2.26 bits per heavy atom. The van der Waals surface area contributed by atoms with E-state index in [0.717, 1.165) is 21.6 Å². The number of thiazole rings is 1. The minimum absolute atomic E-state index is 0.0696. The van der Waals surface area contributed by atoms with Crippen molar-refractivity contribution in [2.24, 2.45) is 7.05 Å².